The van der Waals surface area contributed by atoms with E-state index in [2.05, 4.69) is 36.9 Å². The molecule has 59 heavy (non-hydrogen) atoms. The zero-order chi connectivity index (χ0) is 44.5. The summed E-state index contributed by atoms with van der Waals surface area (Å²) in [6, 6.07) is -3.45. The van der Waals surface area contributed by atoms with Crippen molar-refractivity contribution in [2.45, 2.75) is 107 Å². The average molecular weight is 839 g/mol. The number of rotatable bonds is 29. The maximum atomic E-state index is 13.8. The number of nitrogens with one attached hydrogen (secondary N) is 6. The molecule has 0 aliphatic carbocycles. The van der Waals surface area contributed by atoms with Gasteiger partial charge in [0, 0.05) is 6.54 Å². The van der Waals surface area contributed by atoms with Crippen LogP contribution in [-0.4, -0.2) is 143 Å². The minimum Gasteiger partial charge on any atom is -0.508 e. The van der Waals surface area contributed by atoms with Gasteiger partial charge in [-0.05, 0) is 95.5 Å². The standard InChI is InChI=1S/C36H62N12O11/c1-20(43-30(53)23(39)17-21-10-12-22(51)13-11-21)29(52)47-27(18-49)34(57)46-24(7-2-4-14-37)31(54)45-26(9-6-16-42-36(40)41)32(55)44-25(8-3-5-15-38)33(56)48-28(19-50)35(58)59/h10-13,20,23-28,49-51H,2-9,14-19,37-39H2,1H3,(H,43,53)(H,44,55)(H,45,54)(H,46,57)(H,47,52)(H,48,56)(H,58,59)(H4,40,41,42)/t20-,23-,24-,25-,26-,27-,28-/m0/s1. The first-order chi connectivity index (χ1) is 28.0. The van der Waals surface area contributed by atoms with E-state index in [0.717, 1.165) is 0 Å². The second-order valence-corrected chi connectivity index (χ2v) is 13.7. The number of unbranched alkanes of at least 4 members (excludes halogenated alkanes) is 2. The molecule has 332 valence electrons. The van der Waals surface area contributed by atoms with Crippen LogP contribution in [-0.2, 0) is 40.0 Å². The lowest BCUT2D eigenvalue weighted by atomic mass is 10.0. The number of carboxylic acids is 1. The second-order valence-electron chi connectivity index (χ2n) is 13.7. The Hall–Kier alpha value is -5.62. The van der Waals surface area contributed by atoms with E-state index in [-0.39, 0.29) is 63.4 Å². The first kappa shape index (κ1) is 51.4. The summed E-state index contributed by atoms with van der Waals surface area (Å²) in [4.78, 5) is 94.9. The minimum atomic E-state index is -1.65. The van der Waals surface area contributed by atoms with Gasteiger partial charge in [0.25, 0.3) is 0 Å². The van der Waals surface area contributed by atoms with Crippen LogP contribution in [0.3, 0.4) is 0 Å². The number of hydrogen-bond acceptors (Lipinski definition) is 14. The van der Waals surface area contributed by atoms with Gasteiger partial charge >= 0.3 is 5.97 Å². The number of nitrogens with zero attached hydrogens (tertiary/aromatic N) is 1. The molecule has 23 heteroatoms. The van der Waals surface area contributed by atoms with Crippen LogP contribution in [0.15, 0.2) is 29.3 Å². The van der Waals surface area contributed by atoms with Crippen LogP contribution < -0.4 is 60.6 Å². The fourth-order valence-electron chi connectivity index (χ4n) is 5.43. The molecule has 1 aromatic rings. The van der Waals surface area contributed by atoms with Crippen molar-refractivity contribution in [2.24, 2.45) is 33.7 Å². The van der Waals surface area contributed by atoms with Gasteiger partial charge in [-0.3, -0.25) is 33.8 Å². The summed E-state index contributed by atoms with van der Waals surface area (Å²) in [6.07, 6.45) is 1.81. The molecule has 1 rings (SSSR count). The lowest BCUT2D eigenvalue weighted by molar-refractivity contribution is -0.143. The van der Waals surface area contributed by atoms with Gasteiger partial charge in [-0.1, -0.05) is 12.1 Å². The van der Waals surface area contributed by atoms with Crippen LogP contribution in [0, 0.1) is 0 Å². The third kappa shape index (κ3) is 20.1. The fraction of sp³-hybridized carbons (Fsp3) is 0.611. The number of aromatic hydroxyl groups is 1. The highest BCUT2D eigenvalue weighted by molar-refractivity contribution is 5.97. The van der Waals surface area contributed by atoms with Crippen molar-refractivity contribution in [1.82, 2.24) is 31.9 Å². The van der Waals surface area contributed by atoms with Crippen LogP contribution in [0.25, 0.3) is 0 Å². The van der Waals surface area contributed by atoms with Crippen molar-refractivity contribution in [1.29, 1.82) is 0 Å². The summed E-state index contributed by atoms with van der Waals surface area (Å²) in [5.74, 6) is -6.81. The van der Waals surface area contributed by atoms with E-state index < -0.39 is 96.9 Å². The van der Waals surface area contributed by atoms with Crippen molar-refractivity contribution >= 4 is 47.4 Å². The molecule has 0 saturated heterocycles. The molecule has 7 atom stereocenters. The Morgan fingerprint density at radius 2 is 1.03 bits per heavy atom. The Morgan fingerprint density at radius 1 is 0.610 bits per heavy atom. The lowest BCUT2D eigenvalue weighted by Gasteiger charge is -2.27. The number of guanidine groups is 1. The normalized spacial score (nSPS) is 14.5. The number of phenolic OH excluding ortho intramolecular Hbond substituents is 1. The summed E-state index contributed by atoms with van der Waals surface area (Å²) in [7, 11) is 0. The summed E-state index contributed by atoms with van der Waals surface area (Å²) >= 11 is 0. The van der Waals surface area contributed by atoms with Gasteiger partial charge in [0.2, 0.25) is 35.4 Å². The molecule has 0 fully saturated rings. The molecule has 0 spiro atoms. The molecule has 0 radical (unpaired) electrons. The third-order valence-electron chi connectivity index (χ3n) is 8.83. The van der Waals surface area contributed by atoms with Gasteiger partial charge in [-0.25, -0.2) is 4.79 Å². The van der Waals surface area contributed by atoms with E-state index in [4.69, 9.17) is 28.7 Å². The van der Waals surface area contributed by atoms with Crippen LogP contribution in [0.2, 0.25) is 0 Å². The Kier molecular flexibility index (Phi) is 24.3. The predicted molar refractivity (Wildman–Crippen MR) is 215 cm³/mol. The Labute approximate surface area is 342 Å². The maximum Gasteiger partial charge on any atom is 0.328 e. The highest BCUT2D eigenvalue weighted by Gasteiger charge is 2.33. The first-order valence-electron chi connectivity index (χ1n) is 19.2. The number of aliphatic hydroxyl groups is 2. The molecule has 1 aromatic carbocycles. The largest absolute Gasteiger partial charge is 0.508 e. The fourth-order valence-corrected chi connectivity index (χ4v) is 5.43. The molecule has 0 aromatic heterocycles. The van der Waals surface area contributed by atoms with Crippen molar-refractivity contribution in [3.05, 3.63) is 29.8 Å². The van der Waals surface area contributed by atoms with Gasteiger partial charge in [0.05, 0.1) is 19.3 Å². The van der Waals surface area contributed by atoms with Crippen LogP contribution in [0.1, 0.15) is 63.9 Å². The summed E-state index contributed by atoms with van der Waals surface area (Å²) < 4.78 is 0. The van der Waals surface area contributed by atoms with E-state index in [1.165, 1.54) is 19.1 Å². The number of nitrogens with two attached hydrogens (primary N) is 5. The number of carbonyl (C=O) groups excluding carboxylic acids is 6. The topological polar surface area (TPSA) is 415 Å². The van der Waals surface area contributed by atoms with E-state index in [1.54, 1.807) is 12.1 Å². The van der Waals surface area contributed by atoms with Crippen LogP contribution >= 0.6 is 0 Å². The summed E-state index contributed by atoms with van der Waals surface area (Å²) in [5, 5.41) is 52.7. The van der Waals surface area contributed by atoms with Crippen molar-refractivity contribution in [3.63, 3.8) is 0 Å². The van der Waals surface area contributed by atoms with Gasteiger partial charge in [-0.15, -0.1) is 0 Å². The molecule has 0 unspecified atom stereocenters. The number of aliphatic imine (C=N–C) groups is 1. The first-order valence-corrected chi connectivity index (χ1v) is 19.2. The van der Waals surface area contributed by atoms with Gasteiger partial charge < -0.3 is 81.0 Å². The monoisotopic (exact) mass is 838 g/mol. The van der Waals surface area contributed by atoms with E-state index in [9.17, 15) is 54.0 Å². The number of phenols is 1. The van der Waals surface area contributed by atoms with E-state index >= 15 is 0 Å². The zero-order valence-electron chi connectivity index (χ0n) is 33.2. The molecule has 23 nitrogen and oxygen atoms in total. The highest BCUT2D eigenvalue weighted by atomic mass is 16.4. The molecular weight excluding hydrogens is 776 g/mol. The van der Waals surface area contributed by atoms with Crippen molar-refractivity contribution in [2.75, 3.05) is 32.8 Å². The highest BCUT2D eigenvalue weighted by Crippen LogP contribution is 2.11. The smallest absolute Gasteiger partial charge is 0.328 e. The maximum absolute atomic E-state index is 13.8. The van der Waals surface area contributed by atoms with Gasteiger partial charge in [0.15, 0.2) is 5.96 Å². The molecule has 0 saturated carbocycles. The Bertz CT molecular complexity index is 1550. The average Bonchev–Trinajstić information content (AvgIpc) is 3.19. The van der Waals surface area contributed by atoms with Crippen LogP contribution in [0.5, 0.6) is 5.75 Å². The van der Waals surface area contributed by atoms with E-state index in [1.807, 2.05) is 0 Å². The summed E-state index contributed by atoms with van der Waals surface area (Å²) in [6.45, 7) is 0.0835. The number of carbonyl (C=O) groups is 7. The summed E-state index contributed by atoms with van der Waals surface area (Å²) in [5.41, 5.74) is 28.7. The molecule has 0 aliphatic heterocycles. The number of carboxylic acid groups (broad SMARTS) is 1. The number of aliphatic carboxylic acids is 1. The molecule has 20 N–H and O–H groups in total. The lowest BCUT2D eigenvalue weighted by Crippen LogP contribution is -2.60. The van der Waals surface area contributed by atoms with Crippen LogP contribution in [0.4, 0.5) is 0 Å². The van der Waals surface area contributed by atoms with Crippen molar-refractivity contribution < 1.29 is 54.0 Å². The third-order valence-corrected chi connectivity index (χ3v) is 8.83. The Morgan fingerprint density at radius 3 is 1.46 bits per heavy atom. The van der Waals surface area contributed by atoms with Crippen molar-refractivity contribution in [3.8, 4) is 5.75 Å². The van der Waals surface area contributed by atoms with Gasteiger partial charge in [-0.2, -0.15) is 0 Å². The number of hydrogen-bond donors (Lipinski definition) is 15. The number of amides is 6. The molecule has 0 aliphatic rings. The molecule has 6 amide bonds. The SMILES string of the molecule is C[C@H](NC(=O)[C@@H](N)Cc1ccc(O)cc1)C(=O)N[C@@H](CO)C(=O)N[C@@H](CCCCN)C(=O)N[C@@H](CCCN=C(N)N)C(=O)N[C@@H](CCCCN)C(=O)N[C@@H](CO)C(=O)O. The zero-order valence-corrected chi connectivity index (χ0v) is 33.2. The molecule has 0 heterocycles. The molecule has 0 bridgehead atoms. The van der Waals surface area contributed by atoms with Gasteiger partial charge in [0.1, 0.15) is 42.0 Å². The number of aliphatic hydroxyl groups excluding tert-OH is 2. The Balaban J connectivity index is 3.18. The minimum absolute atomic E-state index is 0.0104. The number of benzene rings is 1. The van der Waals surface area contributed by atoms with E-state index in [0.29, 0.717) is 31.2 Å². The second kappa shape index (κ2) is 27.9. The predicted octanol–water partition coefficient (Wildman–Crippen LogP) is -5.43. The molecular formula is C36H62N12O11. The quantitative estimate of drug-likeness (QED) is 0.0203.